The van der Waals surface area contributed by atoms with Crippen LogP contribution < -0.4 is 0 Å². The molecule has 0 bridgehead atoms. The number of rotatable bonds is 14. The van der Waals surface area contributed by atoms with Crippen LogP contribution in [-0.4, -0.2) is 52.3 Å². The van der Waals surface area contributed by atoms with Crippen molar-refractivity contribution in [2.75, 3.05) is 27.3 Å². The Hall–Kier alpha value is -1.14. The zero-order valence-corrected chi connectivity index (χ0v) is 18.3. The third kappa shape index (κ3) is 56.3. The molecule has 6 heteroatoms. The lowest BCUT2D eigenvalue weighted by molar-refractivity contribution is -0.141. The third-order valence-corrected chi connectivity index (χ3v) is 3.44. The molecule has 0 aliphatic carbocycles. The standard InChI is InChI=1S/C10H20O2.C8H18O.C3H6O2.CH4O/c1-3-4-5-6-7-8-9-12-10(2)11;1-2-3-4-5-6-7-8-9;1-3(4)5-2;1-2/h3-9H2,1-2H3;9H,2-8H2,1H3;1-2H3;2H,1H3/i;9D;2D3;1D3,2D. The van der Waals surface area contributed by atoms with E-state index in [1.54, 1.807) is 0 Å². The Labute approximate surface area is 185 Å². The quantitative estimate of drug-likeness (QED) is 0.304. The number of carbonyl (C=O) groups excluding carboxylic acids is 2. The van der Waals surface area contributed by atoms with Gasteiger partial charge in [0, 0.05) is 27.5 Å². The summed E-state index contributed by atoms with van der Waals surface area (Å²) in [5.41, 5.74) is 0. The van der Waals surface area contributed by atoms with Crippen LogP contribution in [0.1, 0.15) is 113 Å². The average molecular weight is 417 g/mol. The fourth-order valence-electron chi connectivity index (χ4n) is 1.98. The van der Waals surface area contributed by atoms with E-state index in [1.165, 1.54) is 71.1 Å². The Morgan fingerprint density at radius 2 is 1.32 bits per heavy atom. The van der Waals surface area contributed by atoms with Crippen molar-refractivity contribution in [2.45, 2.75) is 105 Å². The van der Waals surface area contributed by atoms with Gasteiger partial charge in [0.2, 0.25) is 2.86 Å². The molecule has 0 aliphatic heterocycles. The average Bonchev–Trinajstić information content (AvgIpc) is 2.74. The molecule has 2 N–H and O–H groups in total. The normalized spacial score (nSPS) is 13.9. The van der Waals surface area contributed by atoms with E-state index in [-0.39, 0.29) is 5.97 Å². The first-order valence-corrected chi connectivity index (χ1v) is 10.2. The fraction of sp³-hybridized carbons (Fsp3) is 0.909. The maximum Gasteiger partial charge on any atom is 0.302 e. The lowest BCUT2D eigenvalue weighted by Crippen LogP contribution is -1.99. The fourth-order valence-corrected chi connectivity index (χ4v) is 1.98. The topological polar surface area (TPSA) is 93.1 Å². The predicted molar refractivity (Wildman–Crippen MR) is 116 cm³/mol. The van der Waals surface area contributed by atoms with Crippen molar-refractivity contribution in [3.8, 4) is 0 Å². The minimum absolute atomic E-state index is 0.163. The first kappa shape index (κ1) is 18.9. The lowest BCUT2D eigenvalue weighted by Gasteiger charge is -2.01. The molecule has 0 aromatic rings. The second kappa shape index (κ2) is 36.7. The van der Waals surface area contributed by atoms with E-state index in [0.717, 1.165) is 19.8 Å². The third-order valence-electron chi connectivity index (χ3n) is 3.44. The molecule has 0 aromatic heterocycles. The molecule has 0 aromatic carbocycles. The highest BCUT2D eigenvalue weighted by atomic mass is 16.5. The van der Waals surface area contributed by atoms with Gasteiger partial charge in [0.05, 0.1) is 21.9 Å². The van der Waals surface area contributed by atoms with Gasteiger partial charge < -0.3 is 19.7 Å². The molecule has 0 spiro atoms. The van der Waals surface area contributed by atoms with E-state index in [1.807, 2.05) is 0 Å². The van der Waals surface area contributed by atoms with Crippen molar-refractivity contribution >= 4 is 11.9 Å². The van der Waals surface area contributed by atoms with Gasteiger partial charge >= 0.3 is 11.9 Å². The van der Waals surface area contributed by atoms with Gasteiger partial charge in [-0.1, -0.05) is 78.1 Å². The highest BCUT2D eigenvalue weighted by Gasteiger charge is 1.92. The minimum atomic E-state index is -2.58. The van der Waals surface area contributed by atoms with Crippen LogP contribution in [0.2, 0.25) is 0 Å². The molecular weight excluding hydrogens is 360 g/mol. The van der Waals surface area contributed by atoms with E-state index in [9.17, 15) is 9.59 Å². The Balaban J connectivity index is -0.000000195. The Morgan fingerprint density at radius 3 is 1.68 bits per heavy atom. The van der Waals surface area contributed by atoms with Crippen molar-refractivity contribution in [3.05, 3.63) is 0 Å². The molecule has 0 saturated heterocycles. The van der Waals surface area contributed by atoms with Crippen molar-refractivity contribution < 1.29 is 37.5 Å². The van der Waals surface area contributed by atoms with Crippen LogP contribution in [0.3, 0.4) is 0 Å². The molecule has 6 nitrogen and oxygen atoms in total. The number of esters is 2. The van der Waals surface area contributed by atoms with Gasteiger partial charge in [-0.15, -0.1) is 0 Å². The molecule has 0 aliphatic rings. The Morgan fingerprint density at radius 1 is 0.821 bits per heavy atom. The Bertz CT molecular complexity index is 466. The number of unbranched alkanes of at least 4 members (excludes halogenated alkanes) is 10. The molecule has 0 heterocycles. The second-order valence-electron chi connectivity index (χ2n) is 6.17. The number of ether oxygens (including phenoxy) is 2. The molecule has 0 radical (unpaired) electrons. The van der Waals surface area contributed by atoms with Crippen LogP contribution in [0, 0.1) is 0 Å². The van der Waals surface area contributed by atoms with Crippen LogP contribution in [0.4, 0.5) is 0 Å². The van der Waals surface area contributed by atoms with Gasteiger partial charge in [-0.2, -0.15) is 0 Å². The van der Waals surface area contributed by atoms with E-state index >= 15 is 0 Å². The summed E-state index contributed by atoms with van der Waals surface area (Å²) in [7, 11) is -5.12. The molecule has 0 atom stereocenters. The second-order valence-corrected chi connectivity index (χ2v) is 6.17. The largest absolute Gasteiger partial charge is 0.469 e. The summed E-state index contributed by atoms with van der Waals surface area (Å²) in [5, 5.41) is 7.39. The molecule has 172 valence electrons. The van der Waals surface area contributed by atoms with Crippen molar-refractivity contribution in [1.82, 2.24) is 0 Å². The zero-order chi connectivity index (χ0) is 28.9. The summed E-state index contributed by atoms with van der Waals surface area (Å²) in [5.74, 6) is -0.950. The number of carbonyl (C=O) groups is 2. The molecule has 0 unspecified atom stereocenters. The smallest absolute Gasteiger partial charge is 0.302 e. The summed E-state index contributed by atoms with van der Waals surface area (Å²) in [4.78, 5) is 20.2. The van der Waals surface area contributed by atoms with Crippen molar-refractivity contribution in [3.63, 3.8) is 0 Å². The number of aliphatic hydroxyl groups excluding tert-OH is 1. The van der Waals surface area contributed by atoms with Crippen LogP contribution >= 0.6 is 0 Å². The van der Waals surface area contributed by atoms with Gasteiger partial charge in [-0.05, 0) is 12.8 Å². The maximum atomic E-state index is 10.4. The van der Waals surface area contributed by atoms with Gasteiger partial charge in [-0.25, -0.2) is 0 Å². The summed E-state index contributed by atoms with van der Waals surface area (Å²) >= 11 is 0. The van der Waals surface area contributed by atoms with Crippen LogP contribution in [0.5, 0.6) is 0 Å². The minimum Gasteiger partial charge on any atom is -0.469 e. The van der Waals surface area contributed by atoms with E-state index in [0.29, 0.717) is 13.2 Å². The molecule has 0 saturated carbocycles. The molecular formula is C22H48O6. The molecule has 0 rings (SSSR count). The van der Waals surface area contributed by atoms with Crippen molar-refractivity contribution in [1.29, 1.82) is 2.86 Å². The highest BCUT2D eigenvalue weighted by Crippen LogP contribution is 2.05. The molecule has 0 amide bonds. The summed E-state index contributed by atoms with van der Waals surface area (Å²) in [6.45, 7) is 8.13. The SMILES string of the molecule is CCCCCCCCOC(C)=O.[2H]C([2H])([2H])OC(C)=O.[2H]OC([2H])([2H])[2H].[2H]OCCCCCCCC. The number of hydrogen-bond acceptors (Lipinski definition) is 6. The molecule has 28 heavy (non-hydrogen) atoms. The predicted octanol–water partition coefficient (Wildman–Crippen LogP) is 5.04. The summed E-state index contributed by atoms with van der Waals surface area (Å²) < 4.78 is 58.2. The number of methoxy groups -OCH3 is 1. The zero-order valence-electron chi connectivity index (χ0n) is 26.3. The van der Waals surface area contributed by atoms with Crippen LogP contribution in [0.25, 0.3) is 0 Å². The van der Waals surface area contributed by atoms with Gasteiger partial charge in [0.15, 0.2) is 0 Å². The maximum absolute atomic E-state index is 10.4. The van der Waals surface area contributed by atoms with Gasteiger partial charge in [0.1, 0.15) is 0 Å². The first-order chi connectivity index (χ1) is 16.7. The van der Waals surface area contributed by atoms with Crippen LogP contribution in [-0.2, 0) is 19.1 Å². The number of hydrogen-bond donors (Lipinski definition) is 2. The Kier molecular flexibility index (Phi) is 24.7. The van der Waals surface area contributed by atoms with Gasteiger partial charge in [0.25, 0.3) is 0 Å². The van der Waals surface area contributed by atoms with Crippen molar-refractivity contribution in [2.24, 2.45) is 0 Å². The van der Waals surface area contributed by atoms with Gasteiger partial charge in [-0.3, -0.25) is 9.59 Å². The van der Waals surface area contributed by atoms with E-state index in [2.05, 4.69) is 28.8 Å². The number of aliphatic hydroxyl groups is 2. The summed E-state index contributed by atoms with van der Waals surface area (Å²) in [6.07, 6.45) is 15.0. The van der Waals surface area contributed by atoms with E-state index in [4.69, 9.17) is 15.8 Å². The van der Waals surface area contributed by atoms with Crippen LogP contribution in [0.15, 0.2) is 0 Å². The lowest BCUT2D eigenvalue weighted by atomic mass is 10.1. The highest BCUT2D eigenvalue weighted by molar-refractivity contribution is 5.65. The first-order valence-electron chi connectivity index (χ1n) is 14.0. The summed E-state index contributed by atoms with van der Waals surface area (Å²) in [6, 6.07) is 0. The molecule has 0 fully saturated rings. The van der Waals surface area contributed by atoms with E-state index < -0.39 is 20.0 Å². The monoisotopic (exact) mass is 416 g/mol.